The highest BCUT2D eigenvalue weighted by Crippen LogP contribution is 2.31. The van der Waals surface area contributed by atoms with E-state index in [1.54, 1.807) is 19.1 Å². The standard InChI is InChI=1S/C37H40F4O7/c1-3-6-24-15-18-30(34(40)32(24)38)47-37(44)26-13-16-28(17-14-26)46-22-21-27(42)8-5-7-23-9-11-25(12-10-23)36(43)48-31-20-19-29(45-4-2)33(39)35(31)41/h9-12,15,18-20,26,28H,3-8,13-14,16-17,21-22H2,1-2H3. The summed E-state index contributed by atoms with van der Waals surface area (Å²) in [6.07, 6.45) is 4.93. The van der Waals surface area contributed by atoms with Crippen LogP contribution in [0.5, 0.6) is 17.2 Å². The number of hydrogen-bond acceptors (Lipinski definition) is 7. The van der Waals surface area contributed by atoms with Crippen LogP contribution in [0.4, 0.5) is 17.6 Å². The van der Waals surface area contributed by atoms with Crippen molar-refractivity contribution in [3.05, 3.63) is 88.5 Å². The zero-order valence-corrected chi connectivity index (χ0v) is 27.1. The summed E-state index contributed by atoms with van der Waals surface area (Å²) in [4.78, 5) is 37.4. The third kappa shape index (κ3) is 9.88. The molecule has 1 saturated carbocycles. The molecule has 0 bridgehead atoms. The normalized spacial score (nSPS) is 16.0. The van der Waals surface area contributed by atoms with Gasteiger partial charge >= 0.3 is 11.9 Å². The Labute approximate surface area is 277 Å². The molecule has 3 aromatic rings. The lowest BCUT2D eigenvalue weighted by Gasteiger charge is -2.27. The second-order valence-corrected chi connectivity index (χ2v) is 11.7. The molecule has 0 amide bonds. The molecule has 48 heavy (non-hydrogen) atoms. The van der Waals surface area contributed by atoms with Gasteiger partial charge in [-0.3, -0.25) is 9.59 Å². The van der Waals surface area contributed by atoms with Crippen LogP contribution in [0, 0.1) is 29.2 Å². The van der Waals surface area contributed by atoms with Gasteiger partial charge in [-0.2, -0.15) is 13.2 Å². The number of hydrogen-bond donors (Lipinski definition) is 0. The fourth-order valence-electron chi connectivity index (χ4n) is 5.55. The maximum absolute atomic E-state index is 14.4. The number of esters is 2. The summed E-state index contributed by atoms with van der Waals surface area (Å²) in [7, 11) is 0. The summed E-state index contributed by atoms with van der Waals surface area (Å²) in [5.74, 6) is -7.69. The summed E-state index contributed by atoms with van der Waals surface area (Å²) in [6.45, 7) is 3.92. The maximum Gasteiger partial charge on any atom is 0.343 e. The number of ketones is 1. The third-order valence-corrected chi connectivity index (χ3v) is 8.22. The van der Waals surface area contributed by atoms with Gasteiger partial charge in [0.1, 0.15) is 5.78 Å². The van der Waals surface area contributed by atoms with E-state index in [1.807, 2.05) is 6.92 Å². The molecule has 0 N–H and O–H groups in total. The van der Waals surface area contributed by atoms with Gasteiger partial charge in [-0.1, -0.05) is 31.5 Å². The summed E-state index contributed by atoms with van der Waals surface area (Å²) in [6, 6.07) is 11.5. The summed E-state index contributed by atoms with van der Waals surface area (Å²) in [5.41, 5.74) is 1.30. The molecule has 0 atom stereocenters. The molecule has 0 unspecified atom stereocenters. The van der Waals surface area contributed by atoms with E-state index in [4.69, 9.17) is 18.9 Å². The van der Waals surface area contributed by atoms with Gasteiger partial charge in [0.15, 0.2) is 23.1 Å². The molecule has 1 fully saturated rings. The van der Waals surface area contributed by atoms with Crippen molar-refractivity contribution in [1.29, 1.82) is 0 Å². The van der Waals surface area contributed by atoms with E-state index >= 15 is 0 Å². The second kappa shape index (κ2) is 17.8. The molecule has 0 spiro atoms. The topological polar surface area (TPSA) is 88.1 Å². The van der Waals surface area contributed by atoms with Crippen LogP contribution in [0.25, 0.3) is 0 Å². The first-order chi connectivity index (χ1) is 23.1. The highest BCUT2D eigenvalue weighted by Gasteiger charge is 2.29. The van der Waals surface area contributed by atoms with E-state index < -0.39 is 52.6 Å². The van der Waals surface area contributed by atoms with Crippen molar-refractivity contribution < 1.29 is 50.9 Å². The Morgan fingerprint density at radius 1 is 0.708 bits per heavy atom. The minimum atomic E-state index is -1.31. The zero-order valence-electron chi connectivity index (χ0n) is 27.1. The smallest absolute Gasteiger partial charge is 0.343 e. The van der Waals surface area contributed by atoms with Crippen LogP contribution in [0.3, 0.4) is 0 Å². The minimum absolute atomic E-state index is 0.0521. The monoisotopic (exact) mass is 672 g/mol. The number of aryl methyl sites for hydroxylation is 2. The number of Topliss-reactive ketones (excluding diaryl/α,β-unsaturated/α-hetero) is 1. The van der Waals surface area contributed by atoms with Crippen molar-refractivity contribution in [1.82, 2.24) is 0 Å². The number of ether oxygens (including phenoxy) is 4. The van der Waals surface area contributed by atoms with Crippen molar-refractivity contribution >= 4 is 17.7 Å². The Balaban J connectivity index is 1.11. The van der Waals surface area contributed by atoms with Crippen LogP contribution in [0.15, 0.2) is 48.5 Å². The average Bonchev–Trinajstić information content (AvgIpc) is 3.08. The molecule has 3 aromatic carbocycles. The Morgan fingerprint density at radius 2 is 1.33 bits per heavy atom. The van der Waals surface area contributed by atoms with Gasteiger partial charge in [0, 0.05) is 12.8 Å². The van der Waals surface area contributed by atoms with Crippen LogP contribution in [0.1, 0.15) is 86.7 Å². The third-order valence-electron chi connectivity index (χ3n) is 8.22. The molecule has 1 aliphatic carbocycles. The fourth-order valence-corrected chi connectivity index (χ4v) is 5.55. The van der Waals surface area contributed by atoms with E-state index in [-0.39, 0.29) is 48.4 Å². The Hall–Kier alpha value is -4.25. The number of carbonyl (C=O) groups is 3. The van der Waals surface area contributed by atoms with Crippen LogP contribution in [-0.4, -0.2) is 37.0 Å². The molecule has 0 saturated heterocycles. The molecule has 0 heterocycles. The van der Waals surface area contributed by atoms with Crippen LogP contribution in [-0.2, 0) is 27.2 Å². The highest BCUT2D eigenvalue weighted by atomic mass is 19.2. The number of benzene rings is 3. The predicted octanol–water partition coefficient (Wildman–Crippen LogP) is 8.28. The van der Waals surface area contributed by atoms with Crippen molar-refractivity contribution in [3.8, 4) is 17.2 Å². The van der Waals surface area contributed by atoms with Crippen LogP contribution < -0.4 is 14.2 Å². The van der Waals surface area contributed by atoms with Crippen molar-refractivity contribution in [2.45, 2.75) is 84.2 Å². The molecular formula is C37H40F4O7. The van der Waals surface area contributed by atoms with E-state index in [1.165, 1.54) is 30.3 Å². The molecule has 4 rings (SSSR count). The lowest BCUT2D eigenvalue weighted by atomic mass is 9.87. The highest BCUT2D eigenvalue weighted by molar-refractivity contribution is 5.91. The number of carbonyl (C=O) groups excluding carboxylic acids is 3. The van der Waals surface area contributed by atoms with Gasteiger partial charge in [0.2, 0.25) is 17.5 Å². The molecule has 7 nitrogen and oxygen atoms in total. The largest absolute Gasteiger partial charge is 0.491 e. The van der Waals surface area contributed by atoms with E-state index in [2.05, 4.69) is 0 Å². The molecule has 1 aliphatic rings. The second-order valence-electron chi connectivity index (χ2n) is 11.7. The molecule has 0 aliphatic heterocycles. The van der Waals surface area contributed by atoms with Crippen molar-refractivity contribution in [3.63, 3.8) is 0 Å². The quantitative estimate of drug-likeness (QED) is 0.0860. The molecular weight excluding hydrogens is 632 g/mol. The van der Waals surface area contributed by atoms with Gasteiger partial charge < -0.3 is 18.9 Å². The average molecular weight is 673 g/mol. The van der Waals surface area contributed by atoms with Gasteiger partial charge in [-0.25, -0.2) is 9.18 Å². The Morgan fingerprint density at radius 3 is 2.02 bits per heavy atom. The van der Waals surface area contributed by atoms with Gasteiger partial charge in [0.05, 0.1) is 30.8 Å². The Bertz CT molecular complexity index is 1570. The fraction of sp³-hybridized carbons (Fsp3) is 0.432. The molecule has 11 heteroatoms. The lowest BCUT2D eigenvalue weighted by molar-refractivity contribution is -0.141. The summed E-state index contributed by atoms with van der Waals surface area (Å²) >= 11 is 0. The SMILES string of the molecule is CCCc1ccc(OC(=O)C2CCC(OCCC(=O)CCCc3ccc(C(=O)Oc4ccc(OCC)c(F)c4F)cc3)CC2)c(F)c1F. The Kier molecular flexibility index (Phi) is 13.5. The van der Waals surface area contributed by atoms with Crippen molar-refractivity contribution in [2.24, 2.45) is 5.92 Å². The number of halogens is 4. The van der Waals surface area contributed by atoms with Crippen LogP contribution in [0.2, 0.25) is 0 Å². The predicted molar refractivity (Wildman–Crippen MR) is 169 cm³/mol. The van der Waals surface area contributed by atoms with E-state index in [9.17, 15) is 31.9 Å². The molecule has 0 radical (unpaired) electrons. The first-order valence-corrected chi connectivity index (χ1v) is 16.3. The van der Waals surface area contributed by atoms with Gasteiger partial charge in [0.25, 0.3) is 0 Å². The van der Waals surface area contributed by atoms with Gasteiger partial charge in [-0.05, 0) is 93.3 Å². The first kappa shape index (κ1) is 36.6. The van der Waals surface area contributed by atoms with Gasteiger partial charge in [-0.15, -0.1) is 0 Å². The van der Waals surface area contributed by atoms with E-state index in [0.29, 0.717) is 57.8 Å². The maximum atomic E-state index is 14.4. The molecule has 0 aromatic heterocycles. The summed E-state index contributed by atoms with van der Waals surface area (Å²) < 4.78 is 77.9. The number of rotatable bonds is 16. The van der Waals surface area contributed by atoms with E-state index in [0.717, 1.165) is 11.6 Å². The lowest BCUT2D eigenvalue weighted by Crippen LogP contribution is -2.29. The van der Waals surface area contributed by atoms with Crippen LogP contribution >= 0.6 is 0 Å². The minimum Gasteiger partial charge on any atom is -0.491 e. The molecule has 258 valence electrons. The first-order valence-electron chi connectivity index (χ1n) is 16.3. The zero-order chi connectivity index (χ0) is 34.6. The summed E-state index contributed by atoms with van der Waals surface area (Å²) in [5, 5.41) is 0. The van der Waals surface area contributed by atoms with Crippen molar-refractivity contribution in [2.75, 3.05) is 13.2 Å².